The average Bonchev–Trinajstić information content (AvgIpc) is 2.22. The fourth-order valence-electron chi connectivity index (χ4n) is 1.26. The first-order chi connectivity index (χ1) is 8.26. The van der Waals surface area contributed by atoms with E-state index in [-0.39, 0.29) is 31.5 Å². The third kappa shape index (κ3) is 9.20. The SMILES string of the molecule is COCC(N)CN(C)C(=O)CCOCC(F)(F)F. The number of methoxy groups -OCH3 is 1. The summed E-state index contributed by atoms with van der Waals surface area (Å²) >= 11 is 0. The minimum Gasteiger partial charge on any atom is -0.383 e. The largest absolute Gasteiger partial charge is 0.411 e. The van der Waals surface area contributed by atoms with Gasteiger partial charge in [0.15, 0.2) is 0 Å². The summed E-state index contributed by atoms with van der Waals surface area (Å²) in [4.78, 5) is 12.8. The van der Waals surface area contributed by atoms with Crippen LogP contribution in [0.2, 0.25) is 0 Å². The van der Waals surface area contributed by atoms with Crippen molar-refractivity contribution in [2.75, 3.05) is 40.5 Å². The smallest absolute Gasteiger partial charge is 0.383 e. The number of carbonyl (C=O) groups excluding carboxylic acids is 1. The lowest BCUT2D eigenvalue weighted by Gasteiger charge is -2.21. The van der Waals surface area contributed by atoms with Gasteiger partial charge in [0.25, 0.3) is 0 Å². The van der Waals surface area contributed by atoms with Gasteiger partial charge >= 0.3 is 6.18 Å². The summed E-state index contributed by atoms with van der Waals surface area (Å²) in [5.74, 6) is -0.316. The summed E-state index contributed by atoms with van der Waals surface area (Å²) in [6, 6.07) is -0.319. The van der Waals surface area contributed by atoms with Crippen LogP contribution >= 0.6 is 0 Å². The first-order valence-corrected chi connectivity index (χ1v) is 5.39. The van der Waals surface area contributed by atoms with Gasteiger partial charge in [-0.3, -0.25) is 4.79 Å². The Kier molecular flexibility index (Phi) is 7.88. The Morgan fingerprint density at radius 2 is 2.06 bits per heavy atom. The van der Waals surface area contributed by atoms with Crippen LogP contribution in [0.25, 0.3) is 0 Å². The topological polar surface area (TPSA) is 64.8 Å². The molecule has 18 heavy (non-hydrogen) atoms. The molecule has 0 aliphatic carbocycles. The van der Waals surface area contributed by atoms with E-state index in [1.54, 1.807) is 0 Å². The second-order valence-electron chi connectivity index (χ2n) is 3.91. The Morgan fingerprint density at radius 1 is 1.44 bits per heavy atom. The van der Waals surface area contributed by atoms with Gasteiger partial charge in [-0.15, -0.1) is 0 Å². The third-order valence-corrected chi connectivity index (χ3v) is 2.04. The van der Waals surface area contributed by atoms with E-state index in [4.69, 9.17) is 10.5 Å². The van der Waals surface area contributed by atoms with E-state index < -0.39 is 12.8 Å². The first kappa shape index (κ1) is 17.1. The van der Waals surface area contributed by atoms with E-state index >= 15 is 0 Å². The van der Waals surface area contributed by atoms with Crippen molar-refractivity contribution in [3.63, 3.8) is 0 Å². The molecule has 0 saturated heterocycles. The molecule has 1 atom stereocenters. The molecule has 0 aromatic rings. The van der Waals surface area contributed by atoms with Gasteiger partial charge in [-0.05, 0) is 0 Å². The van der Waals surface area contributed by atoms with Gasteiger partial charge in [0, 0.05) is 26.7 Å². The molecule has 5 nitrogen and oxygen atoms in total. The zero-order valence-electron chi connectivity index (χ0n) is 10.5. The highest BCUT2D eigenvalue weighted by molar-refractivity contribution is 5.75. The van der Waals surface area contributed by atoms with Crippen LogP contribution in [0.4, 0.5) is 13.2 Å². The van der Waals surface area contributed by atoms with Gasteiger partial charge in [-0.25, -0.2) is 0 Å². The van der Waals surface area contributed by atoms with Crippen molar-refractivity contribution in [2.24, 2.45) is 5.73 Å². The van der Waals surface area contributed by atoms with Crippen LogP contribution in [0.1, 0.15) is 6.42 Å². The minimum absolute atomic E-state index is 0.105. The van der Waals surface area contributed by atoms with Gasteiger partial charge in [0.05, 0.1) is 19.6 Å². The summed E-state index contributed by atoms with van der Waals surface area (Å²) in [5, 5.41) is 0. The van der Waals surface area contributed by atoms with Crippen molar-refractivity contribution in [3.05, 3.63) is 0 Å². The van der Waals surface area contributed by atoms with Crippen molar-refractivity contribution in [1.29, 1.82) is 0 Å². The number of carbonyl (C=O) groups is 1. The molecule has 0 aromatic carbocycles. The van der Waals surface area contributed by atoms with Crippen LogP contribution < -0.4 is 5.73 Å². The number of alkyl halides is 3. The Morgan fingerprint density at radius 3 is 2.56 bits per heavy atom. The summed E-state index contributed by atoms with van der Waals surface area (Å²) < 4.78 is 44.4. The van der Waals surface area contributed by atoms with Crippen molar-refractivity contribution >= 4 is 5.91 Å². The lowest BCUT2D eigenvalue weighted by atomic mass is 10.3. The maximum atomic E-state index is 11.7. The maximum absolute atomic E-state index is 11.7. The predicted octanol–water partition coefficient (Wildman–Crippen LogP) is 0.387. The van der Waals surface area contributed by atoms with E-state index in [9.17, 15) is 18.0 Å². The predicted molar refractivity (Wildman–Crippen MR) is 59.0 cm³/mol. The van der Waals surface area contributed by atoms with Gasteiger partial charge < -0.3 is 20.1 Å². The molecule has 0 spiro atoms. The summed E-state index contributed by atoms with van der Waals surface area (Å²) in [6.07, 6.45) is -4.47. The summed E-state index contributed by atoms with van der Waals surface area (Å²) in [5.41, 5.74) is 5.64. The average molecular weight is 272 g/mol. The van der Waals surface area contributed by atoms with Crippen molar-refractivity contribution in [3.8, 4) is 0 Å². The van der Waals surface area contributed by atoms with Crippen molar-refractivity contribution in [2.45, 2.75) is 18.6 Å². The van der Waals surface area contributed by atoms with Crippen LogP contribution in [0.15, 0.2) is 0 Å². The van der Waals surface area contributed by atoms with Gasteiger partial charge in [-0.2, -0.15) is 13.2 Å². The number of hydrogen-bond acceptors (Lipinski definition) is 4. The fraction of sp³-hybridized carbons (Fsp3) is 0.900. The zero-order chi connectivity index (χ0) is 14.2. The van der Waals surface area contributed by atoms with Crippen molar-refractivity contribution in [1.82, 2.24) is 4.90 Å². The number of halogens is 3. The van der Waals surface area contributed by atoms with Crippen LogP contribution in [0.3, 0.4) is 0 Å². The molecule has 0 saturated carbocycles. The van der Waals surface area contributed by atoms with E-state index in [0.717, 1.165) is 0 Å². The standard InChI is InChI=1S/C10H19F3N2O3/c1-15(5-8(14)6-17-2)9(16)3-4-18-7-10(11,12)13/h8H,3-7,14H2,1-2H3. The molecule has 0 rings (SSSR count). The molecule has 0 aromatic heterocycles. The number of nitrogens with zero attached hydrogens (tertiary/aromatic N) is 1. The normalized spacial score (nSPS) is 13.4. The molecule has 1 unspecified atom stereocenters. The van der Waals surface area contributed by atoms with Gasteiger partial charge in [-0.1, -0.05) is 0 Å². The number of hydrogen-bond donors (Lipinski definition) is 1. The molecule has 0 bridgehead atoms. The molecule has 0 aliphatic rings. The van der Waals surface area contributed by atoms with Gasteiger partial charge in [0.2, 0.25) is 5.91 Å². The highest BCUT2D eigenvalue weighted by atomic mass is 19.4. The van der Waals surface area contributed by atoms with E-state index in [0.29, 0.717) is 6.61 Å². The molecule has 2 N–H and O–H groups in total. The number of amides is 1. The first-order valence-electron chi connectivity index (χ1n) is 5.39. The molecule has 0 fully saturated rings. The molecule has 8 heteroatoms. The Hall–Kier alpha value is -0.860. The summed E-state index contributed by atoms with van der Waals surface area (Å²) in [6.45, 7) is -1.01. The Bertz CT molecular complexity index is 249. The van der Waals surface area contributed by atoms with Crippen LogP contribution in [0, 0.1) is 0 Å². The Labute approximate surface area is 104 Å². The number of nitrogens with two attached hydrogens (primary N) is 1. The zero-order valence-corrected chi connectivity index (χ0v) is 10.5. The lowest BCUT2D eigenvalue weighted by molar-refractivity contribution is -0.175. The van der Waals surface area contributed by atoms with E-state index in [1.165, 1.54) is 19.1 Å². The van der Waals surface area contributed by atoms with Crippen LogP contribution in [0.5, 0.6) is 0 Å². The third-order valence-electron chi connectivity index (χ3n) is 2.04. The second-order valence-corrected chi connectivity index (χ2v) is 3.91. The summed E-state index contributed by atoms with van der Waals surface area (Å²) in [7, 11) is 3.02. The van der Waals surface area contributed by atoms with Crippen LogP contribution in [-0.2, 0) is 14.3 Å². The number of likely N-dealkylation sites (N-methyl/N-ethyl adjacent to an activating group) is 1. The molecule has 0 radical (unpaired) electrons. The highest BCUT2D eigenvalue weighted by Gasteiger charge is 2.27. The molecular weight excluding hydrogens is 253 g/mol. The van der Waals surface area contributed by atoms with E-state index in [2.05, 4.69) is 4.74 Å². The molecule has 0 heterocycles. The fourth-order valence-corrected chi connectivity index (χ4v) is 1.26. The number of ether oxygens (including phenoxy) is 2. The quantitative estimate of drug-likeness (QED) is 0.649. The maximum Gasteiger partial charge on any atom is 0.411 e. The minimum atomic E-state index is -4.37. The van der Waals surface area contributed by atoms with Crippen molar-refractivity contribution < 1.29 is 27.4 Å². The lowest BCUT2D eigenvalue weighted by Crippen LogP contribution is -2.41. The molecule has 108 valence electrons. The van der Waals surface area contributed by atoms with E-state index in [1.807, 2.05) is 0 Å². The van der Waals surface area contributed by atoms with Gasteiger partial charge in [0.1, 0.15) is 6.61 Å². The molecule has 0 aliphatic heterocycles. The monoisotopic (exact) mass is 272 g/mol. The number of rotatable bonds is 8. The highest BCUT2D eigenvalue weighted by Crippen LogP contribution is 2.14. The molecular formula is C10H19F3N2O3. The molecule has 1 amide bonds. The Balaban J connectivity index is 3.75. The second kappa shape index (κ2) is 8.28. The van der Waals surface area contributed by atoms with Crippen LogP contribution in [-0.4, -0.2) is 63.5 Å².